The third-order valence-corrected chi connectivity index (χ3v) is 3.81. The van der Waals surface area contributed by atoms with E-state index >= 15 is 0 Å². The third-order valence-electron chi connectivity index (χ3n) is 3.81. The van der Waals surface area contributed by atoms with E-state index in [2.05, 4.69) is 56.8 Å². The number of rotatable bonds is 6. The van der Waals surface area contributed by atoms with Crippen molar-refractivity contribution in [3.8, 4) is 0 Å². The van der Waals surface area contributed by atoms with Crippen LogP contribution < -0.4 is 0 Å². The highest BCUT2D eigenvalue weighted by Crippen LogP contribution is 2.25. The van der Waals surface area contributed by atoms with E-state index in [1.165, 1.54) is 11.1 Å². The van der Waals surface area contributed by atoms with E-state index in [0.29, 0.717) is 5.92 Å². The first-order chi connectivity index (χ1) is 11.2. The number of aromatic amines is 2. The number of aliphatic hydroxyl groups excluding tert-OH is 1. The van der Waals surface area contributed by atoms with Gasteiger partial charge in [-0.3, -0.25) is 0 Å². The van der Waals surface area contributed by atoms with Crippen LogP contribution in [0.15, 0.2) is 48.8 Å². The zero-order valence-electron chi connectivity index (χ0n) is 12.8. The number of nitrogens with zero attached hydrogens (tertiary/aromatic N) is 3. The molecule has 118 valence electrons. The number of aromatic nitrogens is 5. The molecule has 0 saturated heterocycles. The van der Waals surface area contributed by atoms with E-state index in [9.17, 15) is 5.11 Å². The summed E-state index contributed by atoms with van der Waals surface area (Å²) >= 11 is 0. The Morgan fingerprint density at radius 3 is 2.78 bits per heavy atom. The number of aliphatic hydroxyl groups is 1. The SMILES string of the molecule is CC(Cc1ccccc1)c1c[nH]cc1/C=C/C(O)c1nn[nH]n1. The van der Waals surface area contributed by atoms with Gasteiger partial charge in [-0.1, -0.05) is 48.5 Å². The van der Waals surface area contributed by atoms with Crippen LogP contribution in [0.4, 0.5) is 0 Å². The fraction of sp³-hybridized carbons (Fsp3) is 0.235. The Morgan fingerprint density at radius 1 is 1.22 bits per heavy atom. The van der Waals surface area contributed by atoms with E-state index in [1.807, 2.05) is 24.5 Å². The molecule has 23 heavy (non-hydrogen) atoms. The summed E-state index contributed by atoms with van der Waals surface area (Å²) < 4.78 is 0. The molecule has 2 atom stereocenters. The second kappa shape index (κ2) is 7.02. The molecule has 0 aliphatic rings. The smallest absolute Gasteiger partial charge is 0.206 e. The molecule has 6 heteroatoms. The minimum absolute atomic E-state index is 0.260. The van der Waals surface area contributed by atoms with Crippen molar-refractivity contribution >= 4 is 6.08 Å². The minimum Gasteiger partial charge on any atom is -0.381 e. The number of hydrogen-bond donors (Lipinski definition) is 3. The van der Waals surface area contributed by atoms with Gasteiger partial charge < -0.3 is 10.1 Å². The summed E-state index contributed by atoms with van der Waals surface area (Å²) in [5, 5.41) is 23.3. The van der Waals surface area contributed by atoms with Crippen LogP contribution in [0.25, 0.3) is 6.08 Å². The Morgan fingerprint density at radius 2 is 2.04 bits per heavy atom. The standard InChI is InChI=1S/C17H19N5O/c1-12(9-13-5-3-2-4-6-13)15-11-18-10-14(15)7-8-16(23)17-19-21-22-20-17/h2-8,10-12,16,18,23H,9H2,1H3,(H,19,20,21,22)/b8-7+. The molecule has 3 aromatic rings. The van der Waals surface area contributed by atoms with E-state index in [1.54, 1.807) is 6.08 Å². The van der Waals surface area contributed by atoms with Crippen LogP contribution >= 0.6 is 0 Å². The van der Waals surface area contributed by atoms with Crippen molar-refractivity contribution in [3.63, 3.8) is 0 Å². The van der Waals surface area contributed by atoms with Crippen molar-refractivity contribution in [2.45, 2.75) is 25.4 Å². The maximum absolute atomic E-state index is 9.99. The molecule has 1 aromatic carbocycles. The quantitative estimate of drug-likeness (QED) is 0.653. The molecular weight excluding hydrogens is 290 g/mol. The zero-order chi connectivity index (χ0) is 16.1. The van der Waals surface area contributed by atoms with Crippen LogP contribution in [-0.4, -0.2) is 30.7 Å². The number of benzene rings is 1. The van der Waals surface area contributed by atoms with Crippen molar-refractivity contribution < 1.29 is 5.11 Å². The first-order valence-corrected chi connectivity index (χ1v) is 7.54. The van der Waals surface area contributed by atoms with Crippen molar-refractivity contribution in [2.75, 3.05) is 0 Å². The Balaban J connectivity index is 1.71. The molecule has 2 unspecified atom stereocenters. The molecule has 3 rings (SSSR count). The number of nitrogens with one attached hydrogen (secondary N) is 2. The van der Waals surface area contributed by atoms with E-state index in [0.717, 1.165) is 12.0 Å². The second-order valence-electron chi connectivity index (χ2n) is 5.53. The lowest BCUT2D eigenvalue weighted by Crippen LogP contribution is -1.99. The Labute approximate surface area is 134 Å². The molecule has 0 radical (unpaired) electrons. The van der Waals surface area contributed by atoms with Gasteiger partial charge in [0.2, 0.25) is 5.82 Å². The molecule has 0 amide bonds. The van der Waals surface area contributed by atoms with Crippen LogP contribution in [0.3, 0.4) is 0 Å². The summed E-state index contributed by atoms with van der Waals surface area (Å²) in [6.45, 7) is 2.20. The molecule has 0 fully saturated rings. The van der Waals surface area contributed by atoms with E-state index in [-0.39, 0.29) is 5.82 Å². The van der Waals surface area contributed by atoms with Gasteiger partial charge in [0.1, 0.15) is 6.10 Å². The maximum atomic E-state index is 9.99. The van der Waals surface area contributed by atoms with Gasteiger partial charge in [-0.2, -0.15) is 5.21 Å². The molecule has 3 N–H and O–H groups in total. The van der Waals surface area contributed by atoms with Crippen LogP contribution in [0.5, 0.6) is 0 Å². The molecule has 2 aromatic heterocycles. The lowest BCUT2D eigenvalue weighted by molar-refractivity contribution is 0.219. The van der Waals surface area contributed by atoms with Crippen LogP contribution in [0, 0.1) is 0 Å². The molecular formula is C17H19N5O. The summed E-state index contributed by atoms with van der Waals surface area (Å²) in [5.74, 6) is 0.626. The predicted octanol–water partition coefficient (Wildman–Crippen LogP) is 2.62. The normalized spacial score (nSPS) is 14.2. The van der Waals surface area contributed by atoms with Crippen LogP contribution in [0.2, 0.25) is 0 Å². The van der Waals surface area contributed by atoms with Gasteiger partial charge in [0, 0.05) is 12.4 Å². The average Bonchev–Trinajstić information content (AvgIpc) is 3.25. The number of hydrogen-bond acceptors (Lipinski definition) is 4. The van der Waals surface area contributed by atoms with Gasteiger partial charge >= 0.3 is 0 Å². The first-order valence-electron chi connectivity index (χ1n) is 7.54. The van der Waals surface area contributed by atoms with Crippen molar-refractivity contribution in [3.05, 3.63) is 71.3 Å². The fourth-order valence-electron chi connectivity index (χ4n) is 2.61. The minimum atomic E-state index is -0.874. The largest absolute Gasteiger partial charge is 0.381 e. The topological polar surface area (TPSA) is 90.5 Å². The van der Waals surface area contributed by atoms with Gasteiger partial charge in [0.15, 0.2) is 0 Å². The van der Waals surface area contributed by atoms with Gasteiger partial charge in [-0.25, -0.2) is 0 Å². The van der Waals surface area contributed by atoms with Gasteiger partial charge in [-0.15, -0.1) is 10.2 Å². The molecule has 0 bridgehead atoms. The molecule has 6 nitrogen and oxygen atoms in total. The van der Waals surface area contributed by atoms with Gasteiger partial charge in [-0.05, 0) is 35.1 Å². The summed E-state index contributed by atoms with van der Waals surface area (Å²) in [4.78, 5) is 3.14. The molecule has 0 spiro atoms. The zero-order valence-corrected chi connectivity index (χ0v) is 12.8. The summed E-state index contributed by atoms with van der Waals surface area (Å²) in [5.41, 5.74) is 3.57. The molecule has 2 heterocycles. The lowest BCUT2D eigenvalue weighted by Gasteiger charge is -2.11. The number of H-pyrrole nitrogens is 2. The number of tetrazole rings is 1. The highest BCUT2D eigenvalue weighted by Gasteiger charge is 2.12. The van der Waals surface area contributed by atoms with Crippen molar-refractivity contribution in [1.29, 1.82) is 0 Å². The second-order valence-corrected chi connectivity index (χ2v) is 5.53. The van der Waals surface area contributed by atoms with Crippen molar-refractivity contribution in [2.24, 2.45) is 0 Å². The van der Waals surface area contributed by atoms with Crippen molar-refractivity contribution in [1.82, 2.24) is 25.6 Å². The third kappa shape index (κ3) is 3.73. The van der Waals surface area contributed by atoms with Gasteiger partial charge in [0.05, 0.1) is 0 Å². The van der Waals surface area contributed by atoms with Crippen LogP contribution in [0.1, 0.15) is 41.5 Å². The Bertz CT molecular complexity index is 748. The van der Waals surface area contributed by atoms with Crippen LogP contribution in [-0.2, 0) is 6.42 Å². The van der Waals surface area contributed by atoms with E-state index < -0.39 is 6.10 Å². The Kier molecular flexibility index (Phi) is 4.63. The maximum Gasteiger partial charge on any atom is 0.206 e. The fourth-order valence-corrected chi connectivity index (χ4v) is 2.61. The summed E-state index contributed by atoms with van der Waals surface area (Å²) in [7, 11) is 0. The van der Waals surface area contributed by atoms with Gasteiger partial charge in [0.25, 0.3) is 0 Å². The van der Waals surface area contributed by atoms with E-state index in [4.69, 9.17) is 0 Å². The monoisotopic (exact) mass is 309 g/mol. The molecule has 0 aliphatic heterocycles. The lowest BCUT2D eigenvalue weighted by atomic mass is 9.93. The Hall–Kier alpha value is -2.73. The summed E-state index contributed by atoms with van der Waals surface area (Å²) in [6.07, 6.45) is 7.57. The predicted molar refractivity (Wildman–Crippen MR) is 87.5 cm³/mol. The molecule has 0 saturated carbocycles. The highest BCUT2D eigenvalue weighted by molar-refractivity contribution is 5.54. The first kappa shape index (κ1) is 15.2. The molecule has 0 aliphatic carbocycles. The highest BCUT2D eigenvalue weighted by atomic mass is 16.3. The summed E-state index contributed by atoms with van der Waals surface area (Å²) in [6, 6.07) is 10.4. The average molecular weight is 309 g/mol.